The number of hydrogen-bond acceptors (Lipinski definition) is 2. The molecule has 11 heavy (non-hydrogen) atoms. The zero-order valence-electron chi connectivity index (χ0n) is 7.51. The molecule has 64 valence electrons. The Morgan fingerprint density at radius 1 is 1.18 bits per heavy atom. The first-order chi connectivity index (χ1) is 5.31. The molecule has 2 heterocycles. The molecule has 0 radical (unpaired) electrons. The van der Waals surface area contributed by atoms with Crippen LogP contribution in [0, 0.1) is 0 Å². The fourth-order valence-electron chi connectivity index (χ4n) is 2.65. The average molecular weight is 154 g/mol. The Kier molecular flexibility index (Phi) is 1.90. The van der Waals surface area contributed by atoms with E-state index >= 15 is 0 Å². The zero-order valence-corrected chi connectivity index (χ0v) is 7.51. The number of piperidine rings is 1. The molecule has 2 aliphatic heterocycles. The molecule has 0 aromatic heterocycles. The van der Waals surface area contributed by atoms with Crippen molar-refractivity contribution >= 4 is 0 Å². The van der Waals surface area contributed by atoms with Crippen LogP contribution in [0.1, 0.15) is 25.7 Å². The van der Waals surface area contributed by atoms with Gasteiger partial charge in [-0.2, -0.15) is 0 Å². The molecule has 0 aromatic carbocycles. The van der Waals surface area contributed by atoms with Gasteiger partial charge in [0, 0.05) is 18.1 Å². The van der Waals surface area contributed by atoms with Crippen LogP contribution in [0.25, 0.3) is 0 Å². The number of nitrogens with zero attached hydrogens (tertiary/aromatic N) is 1. The Morgan fingerprint density at radius 2 is 1.73 bits per heavy atom. The SMILES string of the molecule is CN[C@@H]1C[C@H]2CC[C@@H](C1)N2C. The van der Waals surface area contributed by atoms with E-state index in [0.29, 0.717) is 0 Å². The molecule has 2 fully saturated rings. The summed E-state index contributed by atoms with van der Waals surface area (Å²) >= 11 is 0. The fourth-order valence-corrected chi connectivity index (χ4v) is 2.65. The Morgan fingerprint density at radius 3 is 2.18 bits per heavy atom. The lowest BCUT2D eigenvalue weighted by atomic mass is 9.98. The minimum atomic E-state index is 0.795. The molecule has 0 unspecified atom stereocenters. The Labute approximate surface area is 69.0 Å². The summed E-state index contributed by atoms with van der Waals surface area (Å²) in [5.41, 5.74) is 0. The molecule has 2 bridgehead atoms. The van der Waals surface area contributed by atoms with Gasteiger partial charge in [-0.1, -0.05) is 0 Å². The van der Waals surface area contributed by atoms with Gasteiger partial charge in [-0.3, -0.25) is 0 Å². The highest BCUT2D eigenvalue weighted by molar-refractivity contribution is 4.95. The first kappa shape index (κ1) is 7.56. The van der Waals surface area contributed by atoms with Crippen LogP contribution >= 0.6 is 0 Å². The van der Waals surface area contributed by atoms with E-state index in [0.717, 1.165) is 18.1 Å². The van der Waals surface area contributed by atoms with Crippen LogP contribution < -0.4 is 5.32 Å². The van der Waals surface area contributed by atoms with Crippen LogP contribution in [0.3, 0.4) is 0 Å². The monoisotopic (exact) mass is 154 g/mol. The van der Waals surface area contributed by atoms with Crippen molar-refractivity contribution in [2.45, 2.75) is 43.8 Å². The van der Waals surface area contributed by atoms with Gasteiger partial charge in [0.25, 0.3) is 0 Å². The summed E-state index contributed by atoms with van der Waals surface area (Å²) < 4.78 is 0. The molecular formula is C9H18N2. The molecule has 2 rings (SSSR count). The standard InChI is InChI=1S/C9H18N2/c1-10-7-5-8-3-4-9(6-7)11(8)2/h7-10H,3-6H2,1-2H3/t7-,8-,9+. The molecule has 3 atom stereocenters. The maximum atomic E-state index is 3.40. The van der Waals surface area contributed by atoms with Crippen molar-refractivity contribution in [3.05, 3.63) is 0 Å². The molecule has 0 amide bonds. The van der Waals surface area contributed by atoms with Crippen molar-refractivity contribution in [1.82, 2.24) is 10.2 Å². The summed E-state index contributed by atoms with van der Waals surface area (Å²) in [6, 6.07) is 2.56. The van der Waals surface area contributed by atoms with Crippen LogP contribution in [0.15, 0.2) is 0 Å². The van der Waals surface area contributed by atoms with Crippen molar-refractivity contribution in [3.63, 3.8) is 0 Å². The van der Waals surface area contributed by atoms with E-state index in [-0.39, 0.29) is 0 Å². The van der Waals surface area contributed by atoms with E-state index < -0.39 is 0 Å². The second-order valence-corrected chi connectivity index (χ2v) is 4.01. The Balaban J connectivity index is 2.02. The van der Waals surface area contributed by atoms with Gasteiger partial charge in [0.1, 0.15) is 0 Å². The molecule has 2 aliphatic rings. The first-order valence-corrected chi connectivity index (χ1v) is 4.70. The van der Waals surface area contributed by atoms with Gasteiger partial charge < -0.3 is 10.2 Å². The lowest BCUT2D eigenvalue weighted by molar-refractivity contribution is 0.152. The van der Waals surface area contributed by atoms with Crippen LogP contribution in [0.5, 0.6) is 0 Å². The van der Waals surface area contributed by atoms with Crippen LogP contribution in [0.2, 0.25) is 0 Å². The summed E-state index contributed by atoms with van der Waals surface area (Å²) in [5.74, 6) is 0. The average Bonchev–Trinajstić information content (AvgIpc) is 2.26. The summed E-state index contributed by atoms with van der Waals surface area (Å²) in [4.78, 5) is 2.58. The van der Waals surface area contributed by atoms with Gasteiger partial charge in [-0.15, -0.1) is 0 Å². The van der Waals surface area contributed by atoms with Crippen LogP contribution in [0.4, 0.5) is 0 Å². The third-order valence-electron chi connectivity index (χ3n) is 3.51. The Bertz CT molecular complexity index is 132. The molecule has 1 N–H and O–H groups in total. The van der Waals surface area contributed by atoms with Gasteiger partial charge in [-0.25, -0.2) is 0 Å². The fraction of sp³-hybridized carbons (Fsp3) is 1.00. The maximum absolute atomic E-state index is 3.40. The quantitative estimate of drug-likeness (QED) is 0.602. The second-order valence-electron chi connectivity index (χ2n) is 4.01. The molecule has 2 saturated heterocycles. The highest BCUT2D eigenvalue weighted by Crippen LogP contribution is 2.33. The van der Waals surface area contributed by atoms with Gasteiger partial charge in [0.2, 0.25) is 0 Å². The summed E-state index contributed by atoms with van der Waals surface area (Å²) in [6.45, 7) is 0. The molecule has 0 aliphatic carbocycles. The van der Waals surface area contributed by atoms with Crippen molar-refractivity contribution in [2.24, 2.45) is 0 Å². The van der Waals surface area contributed by atoms with E-state index in [4.69, 9.17) is 0 Å². The molecule has 2 nitrogen and oxygen atoms in total. The number of nitrogens with one attached hydrogen (secondary N) is 1. The summed E-state index contributed by atoms with van der Waals surface area (Å²) in [7, 11) is 4.38. The second kappa shape index (κ2) is 2.76. The summed E-state index contributed by atoms with van der Waals surface area (Å²) in [6.07, 6.45) is 5.59. The van der Waals surface area contributed by atoms with Crippen LogP contribution in [-0.4, -0.2) is 37.1 Å². The van der Waals surface area contributed by atoms with Crippen molar-refractivity contribution in [1.29, 1.82) is 0 Å². The number of fused-ring (bicyclic) bond motifs is 2. The van der Waals surface area contributed by atoms with E-state index in [1.54, 1.807) is 0 Å². The van der Waals surface area contributed by atoms with Gasteiger partial charge in [0.05, 0.1) is 0 Å². The maximum Gasteiger partial charge on any atom is 0.0110 e. The predicted octanol–water partition coefficient (Wildman–Crippen LogP) is 0.831. The van der Waals surface area contributed by atoms with E-state index in [1.165, 1.54) is 25.7 Å². The minimum Gasteiger partial charge on any atom is -0.317 e. The molecule has 0 spiro atoms. The van der Waals surface area contributed by atoms with Gasteiger partial charge in [-0.05, 0) is 39.8 Å². The predicted molar refractivity (Wildman–Crippen MR) is 46.7 cm³/mol. The molecule has 2 heteroatoms. The molecular weight excluding hydrogens is 136 g/mol. The topological polar surface area (TPSA) is 15.3 Å². The molecule has 0 saturated carbocycles. The zero-order chi connectivity index (χ0) is 7.84. The lowest BCUT2D eigenvalue weighted by Gasteiger charge is -2.36. The van der Waals surface area contributed by atoms with E-state index in [9.17, 15) is 0 Å². The lowest BCUT2D eigenvalue weighted by Crippen LogP contribution is -2.46. The number of hydrogen-bond donors (Lipinski definition) is 1. The minimum absolute atomic E-state index is 0.795. The molecule has 0 aromatic rings. The van der Waals surface area contributed by atoms with E-state index in [1.807, 2.05) is 0 Å². The van der Waals surface area contributed by atoms with Crippen molar-refractivity contribution in [3.8, 4) is 0 Å². The third kappa shape index (κ3) is 1.18. The highest BCUT2D eigenvalue weighted by atomic mass is 15.2. The van der Waals surface area contributed by atoms with Gasteiger partial charge >= 0.3 is 0 Å². The highest BCUT2D eigenvalue weighted by Gasteiger charge is 2.37. The smallest absolute Gasteiger partial charge is 0.0110 e. The Hall–Kier alpha value is -0.0800. The van der Waals surface area contributed by atoms with Crippen molar-refractivity contribution in [2.75, 3.05) is 14.1 Å². The van der Waals surface area contributed by atoms with Crippen LogP contribution in [-0.2, 0) is 0 Å². The van der Waals surface area contributed by atoms with Gasteiger partial charge in [0.15, 0.2) is 0 Å². The van der Waals surface area contributed by atoms with E-state index in [2.05, 4.69) is 24.3 Å². The summed E-state index contributed by atoms with van der Waals surface area (Å²) in [5, 5.41) is 3.40. The third-order valence-corrected chi connectivity index (χ3v) is 3.51. The first-order valence-electron chi connectivity index (χ1n) is 4.70. The largest absolute Gasteiger partial charge is 0.317 e. The van der Waals surface area contributed by atoms with Crippen molar-refractivity contribution < 1.29 is 0 Å². The number of rotatable bonds is 1. The normalized spacial score (nSPS) is 44.7.